The summed E-state index contributed by atoms with van der Waals surface area (Å²) in [6, 6.07) is 61.8. The van der Waals surface area contributed by atoms with Gasteiger partial charge in [-0.2, -0.15) is 0 Å². The molecule has 0 fully saturated rings. The summed E-state index contributed by atoms with van der Waals surface area (Å²) in [5.74, 6) is 0.800. The predicted molar refractivity (Wildman–Crippen MR) is 235 cm³/mol. The summed E-state index contributed by atoms with van der Waals surface area (Å²) in [5, 5.41) is 0. The summed E-state index contributed by atoms with van der Waals surface area (Å²) in [7, 11) is 1.65. The second-order valence-corrected chi connectivity index (χ2v) is 13.8. The Morgan fingerprint density at radius 2 is 0.897 bits per heavy atom. The maximum Gasteiger partial charge on any atom is 0.514 e. The molecule has 7 aromatic carbocycles. The van der Waals surface area contributed by atoms with Gasteiger partial charge in [0.15, 0.2) is 12.4 Å². The van der Waals surface area contributed by atoms with Crippen molar-refractivity contribution in [3.63, 3.8) is 0 Å². The Hall–Kier alpha value is -7.44. The van der Waals surface area contributed by atoms with Crippen molar-refractivity contribution in [1.29, 1.82) is 0 Å². The van der Waals surface area contributed by atoms with Crippen molar-refractivity contribution in [2.24, 2.45) is 0 Å². The topological polar surface area (TPSA) is 65.1 Å². The normalized spacial score (nSPS) is 11.0. The summed E-state index contributed by atoms with van der Waals surface area (Å²) in [6.07, 6.45) is 3.45. The number of rotatable bonds is 13. The van der Waals surface area contributed by atoms with Crippen LogP contribution in [0.25, 0.3) is 23.3 Å². The molecule has 0 heterocycles. The monoisotopic (exact) mass is 761 g/mol. The highest BCUT2D eigenvalue weighted by atomic mass is 16.7. The van der Waals surface area contributed by atoms with E-state index in [2.05, 4.69) is 145 Å². The first-order chi connectivity index (χ1) is 28.3. The molecule has 0 spiro atoms. The van der Waals surface area contributed by atoms with Crippen LogP contribution >= 0.6 is 0 Å². The fraction of sp³-hybridized carbons (Fsp3) is 0.0769. The van der Waals surface area contributed by atoms with Crippen LogP contribution in [0.4, 0.5) is 21.9 Å². The van der Waals surface area contributed by atoms with Crippen LogP contribution in [0, 0.1) is 6.92 Å². The molecule has 0 saturated carbocycles. The minimum absolute atomic E-state index is 0.267. The molecule has 0 atom stereocenters. The van der Waals surface area contributed by atoms with E-state index in [1.54, 1.807) is 19.2 Å². The van der Waals surface area contributed by atoms with Gasteiger partial charge in [-0.1, -0.05) is 127 Å². The number of aryl methyl sites for hydroxylation is 1. The van der Waals surface area contributed by atoms with Crippen molar-refractivity contribution in [3.05, 3.63) is 221 Å². The number of carbonyl (C=O) groups is 2. The Morgan fingerprint density at radius 3 is 1.31 bits per heavy atom. The highest BCUT2D eigenvalue weighted by molar-refractivity contribution is 5.93. The number of carbonyl (C=O) groups excluding carboxylic acids is 2. The van der Waals surface area contributed by atoms with Gasteiger partial charge < -0.3 is 19.1 Å². The molecule has 0 aliphatic heterocycles. The third-order valence-electron chi connectivity index (χ3n) is 9.55. The van der Waals surface area contributed by atoms with E-state index < -0.39 is 6.16 Å². The summed E-state index contributed by atoms with van der Waals surface area (Å²) < 4.78 is 15.6. The molecule has 0 aromatic heterocycles. The van der Waals surface area contributed by atoms with E-state index in [0.717, 1.165) is 56.2 Å². The number of anilines is 3. The minimum Gasteiger partial charge on any atom is -0.497 e. The molecule has 0 aliphatic rings. The van der Waals surface area contributed by atoms with Gasteiger partial charge in [-0.15, -0.1) is 0 Å². The standard InChI is InChI=1S/C52H43NO5/c1-37-14-24-45(25-15-37)53(46-26-16-39(17-27-46)34-50(41-10-6-4-7-11-41)42-12-8-5-9-13-42)47-28-18-40(19-29-47)35-51(43-20-30-48(56-3)31-21-43)44-22-32-49(33-23-44)58-52(55)57-36-38(2)54/h4-35H,36H2,1-3H3. The molecule has 0 saturated heterocycles. The summed E-state index contributed by atoms with van der Waals surface area (Å²) >= 11 is 0. The van der Waals surface area contributed by atoms with E-state index in [0.29, 0.717) is 5.75 Å². The fourth-order valence-electron chi connectivity index (χ4n) is 6.58. The molecule has 0 unspecified atom stereocenters. The third kappa shape index (κ3) is 9.86. The van der Waals surface area contributed by atoms with Gasteiger partial charge in [-0.25, -0.2) is 4.79 Å². The van der Waals surface area contributed by atoms with Gasteiger partial charge >= 0.3 is 6.16 Å². The minimum atomic E-state index is -0.929. The van der Waals surface area contributed by atoms with E-state index in [-0.39, 0.29) is 12.4 Å². The van der Waals surface area contributed by atoms with Crippen molar-refractivity contribution in [1.82, 2.24) is 0 Å². The maximum absolute atomic E-state index is 12.1. The van der Waals surface area contributed by atoms with Crippen LogP contribution in [-0.4, -0.2) is 25.7 Å². The number of methoxy groups -OCH3 is 1. The number of hydrogen-bond acceptors (Lipinski definition) is 6. The Bertz CT molecular complexity index is 2470. The van der Waals surface area contributed by atoms with Gasteiger partial charge in [0, 0.05) is 17.1 Å². The van der Waals surface area contributed by atoms with Crippen molar-refractivity contribution >= 4 is 52.3 Å². The zero-order chi connectivity index (χ0) is 40.3. The van der Waals surface area contributed by atoms with Gasteiger partial charge in [-0.05, 0) is 131 Å². The molecule has 286 valence electrons. The average molecular weight is 762 g/mol. The van der Waals surface area contributed by atoms with Gasteiger partial charge in [0.05, 0.1) is 7.11 Å². The van der Waals surface area contributed by atoms with Crippen molar-refractivity contribution in [2.45, 2.75) is 13.8 Å². The van der Waals surface area contributed by atoms with E-state index >= 15 is 0 Å². The predicted octanol–water partition coefficient (Wildman–Crippen LogP) is 12.8. The van der Waals surface area contributed by atoms with Gasteiger partial charge in [0.2, 0.25) is 0 Å². The summed E-state index contributed by atoms with van der Waals surface area (Å²) in [4.78, 5) is 25.5. The largest absolute Gasteiger partial charge is 0.514 e. The molecule has 6 heteroatoms. The Balaban J connectivity index is 1.21. The number of ether oxygens (including phenoxy) is 3. The number of ketones is 1. The zero-order valence-corrected chi connectivity index (χ0v) is 32.7. The molecule has 0 aliphatic carbocycles. The first kappa shape index (κ1) is 38.8. The second-order valence-electron chi connectivity index (χ2n) is 13.8. The van der Waals surface area contributed by atoms with Gasteiger partial charge in [0.25, 0.3) is 0 Å². The molecular formula is C52H43NO5. The van der Waals surface area contributed by atoms with Gasteiger partial charge in [0.1, 0.15) is 11.5 Å². The van der Waals surface area contributed by atoms with Crippen LogP contribution in [0.5, 0.6) is 11.5 Å². The first-order valence-corrected chi connectivity index (χ1v) is 19.0. The van der Waals surface area contributed by atoms with Crippen LogP contribution in [0.15, 0.2) is 182 Å². The molecule has 7 aromatic rings. The average Bonchev–Trinajstić information content (AvgIpc) is 3.27. The molecule has 0 N–H and O–H groups in total. The van der Waals surface area contributed by atoms with Crippen LogP contribution < -0.4 is 14.4 Å². The zero-order valence-electron chi connectivity index (χ0n) is 32.7. The van der Waals surface area contributed by atoms with Crippen molar-refractivity contribution in [3.8, 4) is 11.5 Å². The van der Waals surface area contributed by atoms with Crippen LogP contribution in [0.3, 0.4) is 0 Å². The lowest BCUT2D eigenvalue weighted by Gasteiger charge is -2.26. The summed E-state index contributed by atoms with van der Waals surface area (Å²) in [5.41, 5.74) is 12.8. The molecule has 0 amide bonds. The van der Waals surface area contributed by atoms with Crippen molar-refractivity contribution in [2.75, 3.05) is 18.6 Å². The lowest BCUT2D eigenvalue weighted by atomic mass is 9.95. The molecule has 58 heavy (non-hydrogen) atoms. The Labute approximate surface area is 339 Å². The van der Waals surface area contributed by atoms with Crippen molar-refractivity contribution < 1.29 is 23.8 Å². The quantitative estimate of drug-likeness (QED) is 0.0662. The molecule has 6 nitrogen and oxygen atoms in total. The fourth-order valence-corrected chi connectivity index (χ4v) is 6.58. The van der Waals surface area contributed by atoms with Crippen LogP contribution in [-0.2, 0) is 9.53 Å². The number of hydrogen-bond donors (Lipinski definition) is 0. The van der Waals surface area contributed by atoms with E-state index in [9.17, 15) is 9.59 Å². The molecule has 0 radical (unpaired) electrons. The SMILES string of the molecule is COc1ccc(C(=Cc2ccc(N(c3ccc(C)cc3)c3ccc(C=C(c4ccccc4)c4ccccc4)cc3)cc2)c2ccc(OC(=O)OCC(C)=O)cc2)cc1. The first-order valence-electron chi connectivity index (χ1n) is 19.0. The lowest BCUT2D eigenvalue weighted by molar-refractivity contribution is -0.120. The second kappa shape index (κ2) is 18.5. The molecule has 7 rings (SSSR count). The highest BCUT2D eigenvalue weighted by Gasteiger charge is 2.15. The highest BCUT2D eigenvalue weighted by Crippen LogP contribution is 2.37. The maximum atomic E-state index is 12.1. The molecular weight excluding hydrogens is 719 g/mol. The summed E-state index contributed by atoms with van der Waals surface area (Å²) in [6.45, 7) is 3.10. The van der Waals surface area contributed by atoms with Crippen LogP contribution in [0.2, 0.25) is 0 Å². The Kier molecular flexibility index (Phi) is 12.4. The number of benzene rings is 7. The smallest absolute Gasteiger partial charge is 0.497 e. The van der Waals surface area contributed by atoms with E-state index in [1.165, 1.54) is 23.6 Å². The number of nitrogens with zero attached hydrogens (tertiary/aromatic N) is 1. The Morgan fingerprint density at radius 1 is 0.500 bits per heavy atom. The lowest BCUT2D eigenvalue weighted by Crippen LogP contribution is -2.15. The van der Waals surface area contributed by atoms with Crippen LogP contribution in [0.1, 0.15) is 45.9 Å². The van der Waals surface area contributed by atoms with Gasteiger partial charge in [-0.3, -0.25) is 4.79 Å². The number of Topliss-reactive ketones (excluding diaryl/α,β-unsaturated/α-hetero) is 1. The third-order valence-corrected chi connectivity index (χ3v) is 9.55. The molecule has 0 bridgehead atoms. The van der Waals surface area contributed by atoms with E-state index in [4.69, 9.17) is 14.2 Å². The van der Waals surface area contributed by atoms with E-state index in [1.807, 2.05) is 48.5 Å².